The van der Waals surface area contributed by atoms with Gasteiger partial charge in [0.1, 0.15) is 16.5 Å². The van der Waals surface area contributed by atoms with Crippen molar-refractivity contribution < 1.29 is 17.9 Å². The summed E-state index contributed by atoms with van der Waals surface area (Å²) in [5.41, 5.74) is 1.22. The summed E-state index contributed by atoms with van der Waals surface area (Å²) in [6, 6.07) is 15.7. The first-order valence-corrected chi connectivity index (χ1v) is 10.9. The minimum Gasteiger partial charge on any atom is -0.494 e. The van der Waals surface area contributed by atoms with Crippen LogP contribution in [0.4, 0.5) is 11.5 Å². The number of hydrogen-bond donors (Lipinski definition) is 2. The van der Waals surface area contributed by atoms with Crippen LogP contribution in [0.5, 0.6) is 5.75 Å². The van der Waals surface area contributed by atoms with Gasteiger partial charge in [0.2, 0.25) is 0 Å². The average Bonchev–Trinajstić information content (AvgIpc) is 2.69. The molecule has 0 unspecified atom stereocenters. The van der Waals surface area contributed by atoms with Gasteiger partial charge in [-0.3, -0.25) is 9.52 Å². The molecular weight excluding hydrogens is 426 g/mol. The van der Waals surface area contributed by atoms with Crippen molar-refractivity contribution in [2.24, 2.45) is 0 Å². The number of sulfonamides is 1. The molecule has 0 fully saturated rings. The van der Waals surface area contributed by atoms with Crippen molar-refractivity contribution in [2.45, 2.75) is 18.7 Å². The van der Waals surface area contributed by atoms with Gasteiger partial charge in [-0.1, -0.05) is 17.7 Å². The summed E-state index contributed by atoms with van der Waals surface area (Å²) in [5, 5.41) is 2.64. The molecule has 0 saturated carbocycles. The number of nitrogens with one attached hydrogen (secondary N) is 2. The van der Waals surface area contributed by atoms with E-state index in [4.69, 9.17) is 16.3 Å². The number of hydrogen-bond acceptors (Lipinski definition) is 5. The number of anilines is 2. The van der Waals surface area contributed by atoms with Crippen molar-refractivity contribution in [1.29, 1.82) is 0 Å². The molecule has 0 spiro atoms. The summed E-state index contributed by atoms with van der Waals surface area (Å²) in [7, 11) is -4.02. The van der Waals surface area contributed by atoms with E-state index in [0.29, 0.717) is 23.9 Å². The lowest BCUT2D eigenvalue weighted by atomic mass is 10.2. The Hall–Kier alpha value is -3.10. The fraction of sp³-hybridized carbons (Fsp3) is 0.143. The van der Waals surface area contributed by atoms with E-state index in [2.05, 4.69) is 15.0 Å². The Morgan fingerprint density at radius 2 is 1.83 bits per heavy atom. The Labute approximate surface area is 180 Å². The number of pyridine rings is 1. The number of rotatable bonds is 7. The van der Waals surface area contributed by atoms with Gasteiger partial charge in [0.05, 0.1) is 11.6 Å². The van der Waals surface area contributed by atoms with Crippen molar-refractivity contribution in [3.8, 4) is 5.75 Å². The van der Waals surface area contributed by atoms with E-state index in [-0.39, 0.29) is 15.5 Å². The minimum atomic E-state index is -4.02. The van der Waals surface area contributed by atoms with Gasteiger partial charge in [-0.15, -0.1) is 0 Å². The third-order valence-corrected chi connectivity index (χ3v) is 5.89. The molecule has 3 rings (SSSR count). The second-order valence-corrected chi connectivity index (χ2v) is 8.38. The molecule has 7 nitrogen and oxygen atoms in total. The van der Waals surface area contributed by atoms with E-state index in [1.165, 1.54) is 18.2 Å². The summed E-state index contributed by atoms with van der Waals surface area (Å²) < 4.78 is 33.5. The van der Waals surface area contributed by atoms with E-state index >= 15 is 0 Å². The van der Waals surface area contributed by atoms with Gasteiger partial charge in [0.25, 0.3) is 15.9 Å². The Morgan fingerprint density at radius 3 is 2.50 bits per heavy atom. The molecule has 0 aliphatic heterocycles. The van der Waals surface area contributed by atoms with Crippen molar-refractivity contribution in [3.05, 3.63) is 76.9 Å². The highest BCUT2D eigenvalue weighted by Gasteiger charge is 2.21. The number of benzene rings is 2. The first kappa shape index (κ1) is 21.6. The standard InChI is InChI=1S/C21H20ClN3O4S/c1-3-29-17-10-8-16(9-11-17)25-30(27,28)19-13-15(7-12-18(19)22)21(26)24-20-6-4-5-14(2)23-20/h4-13,25H,3H2,1-2H3,(H,23,24,26). The number of halogens is 1. The van der Waals surface area contributed by atoms with Gasteiger partial charge >= 0.3 is 0 Å². The molecule has 2 aromatic carbocycles. The van der Waals surface area contributed by atoms with Crippen molar-refractivity contribution >= 4 is 39.0 Å². The highest BCUT2D eigenvalue weighted by Crippen LogP contribution is 2.26. The lowest BCUT2D eigenvalue weighted by molar-refractivity contribution is 0.102. The van der Waals surface area contributed by atoms with E-state index in [1.54, 1.807) is 49.4 Å². The molecule has 0 aliphatic carbocycles. The van der Waals surface area contributed by atoms with Crippen LogP contribution in [0.1, 0.15) is 23.0 Å². The maximum atomic E-state index is 12.8. The number of carbonyl (C=O) groups is 1. The Morgan fingerprint density at radius 1 is 1.10 bits per heavy atom. The summed E-state index contributed by atoms with van der Waals surface area (Å²) in [5.74, 6) is 0.496. The minimum absolute atomic E-state index is 0.00123. The van der Waals surface area contributed by atoms with Crippen LogP contribution in [0, 0.1) is 6.92 Å². The molecule has 0 aliphatic rings. The van der Waals surface area contributed by atoms with Crippen molar-refractivity contribution in [1.82, 2.24) is 4.98 Å². The lowest BCUT2D eigenvalue weighted by Crippen LogP contribution is -2.17. The largest absolute Gasteiger partial charge is 0.494 e. The average molecular weight is 446 g/mol. The van der Waals surface area contributed by atoms with E-state index in [0.717, 1.165) is 5.69 Å². The molecule has 156 valence electrons. The molecular formula is C21H20ClN3O4S. The molecule has 0 bridgehead atoms. The van der Waals surface area contributed by atoms with Gasteiger partial charge in [0, 0.05) is 16.9 Å². The molecule has 3 aromatic rings. The normalized spacial score (nSPS) is 11.0. The molecule has 0 atom stereocenters. The Kier molecular flexibility index (Phi) is 6.59. The zero-order chi connectivity index (χ0) is 21.7. The SMILES string of the molecule is CCOc1ccc(NS(=O)(=O)c2cc(C(=O)Nc3cccc(C)n3)ccc2Cl)cc1. The summed E-state index contributed by atoms with van der Waals surface area (Å²) in [6.45, 7) is 4.17. The summed E-state index contributed by atoms with van der Waals surface area (Å²) >= 11 is 6.12. The Balaban J connectivity index is 1.83. The number of carbonyl (C=O) groups excluding carboxylic acids is 1. The van der Waals surface area contributed by atoms with E-state index in [1.807, 2.05) is 6.92 Å². The summed E-state index contributed by atoms with van der Waals surface area (Å²) in [6.07, 6.45) is 0. The van der Waals surface area contributed by atoms with Crippen LogP contribution in [0.25, 0.3) is 0 Å². The molecule has 1 heterocycles. The smallest absolute Gasteiger partial charge is 0.263 e. The number of aromatic nitrogens is 1. The molecule has 9 heteroatoms. The third-order valence-electron chi connectivity index (χ3n) is 4.03. The van der Waals surface area contributed by atoms with Crippen LogP contribution in [0.2, 0.25) is 5.02 Å². The first-order chi connectivity index (χ1) is 14.3. The van der Waals surface area contributed by atoms with Gasteiger partial charge < -0.3 is 10.1 Å². The van der Waals surface area contributed by atoms with E-state index < -0.39 is 15.9 Å². The number of amides is 1. The fourth-order valence-corrected chi connectivity index (χ4v) is 4.23. The van der Waals surface area contributed by atoms with Crippen molar-refractivity contribution in [3.63, 3.8) is 0 Å². The predicted molar refractivity (Wildman–Crippen MR) is 117 cm³/mol. The van der Waals surface area contributed by atoms with Gasteiger partial charge in [0.15, 0.2) is 0 Å². The molecule has 1 amide bonds. The van der Waals surface area contributed by atoms with Crippen LogP contribution >= 0.6 is 11.6 Å². The maximum absolute atomic E-state index is 12.8. The molecule has 30 heavy (non-hydrogen) atoms. The maximum Gasteiger partial charge on any atom is 0.263 e. The van der Waals surface area contributed by atoms with Crippen LogP contribution in [0.15, 0.2) is 65.6 Å². The van der Waals surface area contributed by atoms with Crippen molar-refractivity contribution in [2.75, 3.05) is 16.6 Å². The molecule has 0 radical (unpaired) electrons. The second kappa shape index (κ2) is 9.15. The fourth-order valence-electron chi connectivity index (χ4n) is 2.65. The molecule has 1 aromatic heterocycles. The van der Waals surface area contributed by atoms with Crippen LogP contribution in [0.3, 0.4) is 0 Å². The van der Waals surface area contributed by atoms with Gasteiger partial charge in [-0.05, 0) is 68.4 Å². The van der Waals surface area contributed by atoms with Crippen LogP contribution < -0.4 is 14.8 Å². The molecule has 0 saturated heterocycles. The van der Waals surface area contributed by atoms with Crippen LogP contribution in [-0.4, -0.2) is 25.9 Å². The summed E-state index contributed by atoms with van der Waals surface area (Å²) in [4.78, 5) is 16.5. The topological polar surface area (TPSA) is 97.4 Å². The third kappa shape index (κ3) is 5.28. The molecule has 2 N–H and O–H groups in total. The highest BCUT2D eigenvalue weighted by molar-refractivity contribution is 7.92. The van der Waals surface area contributed by atoms with Crippen LogP contribution in [-0.2, 0) is 10.0 Å². The quantitative estimate of drug-likeness (QED) is 0.558. The van der Waals surface area contributed by atoms with Gasteiger partial charge in [-0.25, -0.2) is 13.4 Å². The number of aryl methyl sites for hydroxylation is 1. The predicted octanol–water partition coefficient (Wildman–Crippen LogP) is 4.50. The number of nitrogens with zero attached hydrogens (tertiary/aromatic N) is 1. The lowest BCUT2D eigenvalue weighted by Gasteiger charge is -2.12. The monoisotopic (exact) mass is 445 g/mol. The Bertz CT molecular complexity index is 1170. The zero-order valence-corrected chi connectivity index (χ0v) is 17.9. The first-order valence-electron chi connectivity index (χ1n) is 9.09. The zero-order valence-electron chi connectivity index (χ0n) is 16.3. The second-order valence-electron chi connectivity index (χ2n) is 6.33. The van der Waals surface area contributed by atoms with E-state index in [9.17, 15) is 13.2 Å². The highest BCUT2D eigenvalue weighted by atomic mass is 35.5. The van der Waals surface area contributed by atoms with Gasteiger partial charge in [-0.2, -0.15) is 0 Å². The number of ether oxygens (including phenoxy) is 1.